The Bertz CT molecular complexity index is 381. The fourth-order valence-electron chi connectivity index (χ4n) is 1.73. The van der Waals surface area contributed by atoms with Crippen molar-refractivity contribution in [1.29, 1.82) is 0 Å². The van der Waals surface area contributed by atoms with Crippen LogP contribution in [0.2, 0.25) is 0 Å². The van der Waals surface area contributed by atoms with Gasteiger partial charge in [0, 0.05) is 18.3 Å². The van der Waals surface area contributed by atoms with Crippen LogP contribution in [0.3, 0.4) is 0 Å². The zero-order chi connectivity index (χ0) is 13.4. The van der Waals surface area contributed by atoms with Gasteiger partial charge in [-0.2, -0.15) is 0 Å². The van der Waals surface area contributed by atoms with Crippen molar-refractivity contribution in [2.45, 2.75) is 47.0 Å². The Labute approximate surface area is 103 Å². The molecule has 1 aromatic heterocycles. The highest BCUT2D eigenvalue weighted by Gasteiger charge is 2.24. The Morgan fingerprint density at radius 3 is 2.35 bits per heavy atom. The molecule has 0 spiro atoms. The minimum atomic E-state index is -0.534. The molecule has 4 nitrogen and oxygen atoms in total. The lowest BCUT2D eigenvalue weighted by Crippen LogP contribution is -2.17. The molecule has 2 rings (SSSR count). The summed E-state index contributed by atoms with van der Waals surface area (Å²) < 4.78 is 0. The monoisotopic (exact) mass is 238 g/mol. The molecule has 0 aliphatic heterocycles. The van der Waals surface area contributed by atoms with Crippen LogP contribution in [0.1, 0.15) is 66.9 Å². The number of H-pyrrole nitrogens is 1. The number of primary amides is 1. The van der Waals surface area contributed by atoms with E-state index in [-0.39, 0.29) is 5.78 Å². The first-order valence-corrected chi connectivity index (χ1v) is 6.23. The van der Waals surface area contributed by atoms with Crippen molar-refractivity contribution < 1.29 is 9.59 Å². The molecule has 0 aromatic carbocycles. The number of amides is 1. The van der Waals surface area contributed by atoms with Crippen LogP contribution in [0, 0.1) is 0 Å². The third-order valence-electron chi connectivity index (χ3n) is 2.34. The van der Waals surface area contributed by atoms with E-state index in [2.05, 4.69) is 4.98 Å². The molecule has 0 bridgehead atoms. The Morgan fingerprint density at radius 1 is 1.24 bits per heavy atom. The number of carbonyl (C=O) groups excluding carboxylic acids is 2. The predicted octanol–water partition coefficient (Wildman–Crippen LogP) is 2.69. The lowest BCUT2D eigenvalue weighted by atomic mass is 9.94. The van der Waals surface area contributed by atoms with E-state index >= 15 is 0 Å². The van der Waals surface area contributed by atoms with E-state index in [1.165, 1.54) is 6.20 Å². The molecule has 0 saturated carbocycles. The maximum absolute atomic E-state index is 11.4. The highest BCUT2D eigenvalue weighted by atomic mass is 16.1. The van der Waals surface area contributed by atoms with Crippen LogP contribution in [0.4, 0.5) is 0 Å². The molecule has 1 aliphatic rings. The van der Waals surface area contributed by atoms with E-state index in [4.69, 9.17) is 5.73 Å². The van der Waals surface area contributed by atoms with Crippen LogP contribution in [0.15, 0.2) is 6.20 Å². The second-order valence-corrected chi connectivity index (χ2v) is 3.20. The second kappa shape index (κ2) is 7.65. The summed E-state index contributed by atoms with van der Waals surface area (Å²) in [5.41, 5.74) is 6.83. The van der Waals surface area contributed by atoms with E-state index in [1.807, 2.05) is 27.7 Å². The molecule has 1 heterocycles. The number of carbonyl (C=O) groups is 2. The topological polar surface area (TPSA) is 76.0 Å². The van der Waals surface area contributed by atoms with Gasteiger partial charge >= 0.3 is 0 Å². The zero-order valence-corrected chi connectivity index (χ0v) is 11.1. The van der Waals surface area contributed by atoms with Gasteiger partial charge in [-0.1, -0.05) is 27.7 Å². The Hall–Kier alpha value is -1.58. The van der Waals surface area contributed by atoms with Gasteiger partial charge in [0.05, 0.1) is 11.1 Å². The molecule has 0 radical (unpaired) electrons. The number of nitrogens with two attached hydrogens (primary N) is 1. The number of ketones is 1. The lowest BCUT2D eigenvalue weighted by molar-refractivity contribution is 0.0950. The quantitative estimate of drug-likeness (QED) is 0.789. The third-order valence-corrected chi connectivity index (χ3v) is 2.34. The number of rotatable bonds is 1. The molecule has 1 aromatic rings. The van der Waals surface area contributed by atoms with Crippen molar-refractivity contribution in [3.05, 3.63) is 23.0 Å². The van der Waals surface area contributed by atoms with Crippen LogP contribution in [-0.2, 0) is 6.42 Å². The van der Waals surface area contributed by atoms with Gasteiger partial charge in [0.1, 0.15) is 0 Å². The molecule has 0 fully saturated rings. The summed E-state index contributed by atoms with van der Waals surface area (Å²) in [6, 6.07) is 0. The van der Waals surface area contributed by atoms with E-state index in [9.17, 15) is 9.59 Å². The molecule has 0 atom stereocenters. The average molecular weight is 238 g/mol. The first-order valence-electron chi connectivity index (χ1n) is 6.23. The number of hydrogen-bond donors (Lipinski definition) is 2. The summed E-state index contributed by atoms with van der Waals surface area (Å²) in [6.07, 6.45) is 3.72. The molecule has 0 saturated heterocycles. The van der Waals surface area contributed by atoms with Crippen molar-refractivity contribution in [3.8, 4) is 0 Å². The normalized spacial score (nSPS) is 12.6. The Balaban J connectivity index is 0.000000581. The van der Waals surface area contributed by atoms with Crippen molar-refractivity contribution in [2.24, 2.45) is 5.73 Å². The van der Waals surface area contributed by atoms with E-state index in [0.717, 1.165) is 18.5 Å². The van der Waals surface area contributed by atoms with E-state index in [1.54, 1.807) is 0 Å². The number of hydrogen-bond acceptors (Lipinski definition) is 2. The van der Waals surface area contributed by atoms with Gasteiger partial charge in [0.15, 0.2) is 5.78 Å². The van der Waals surface area contributed by atoms with Crippen molar-refractivity contribution >= 4 is 11.7 Å². The fourth-order valence-corrected chi connectivity index (χ4v) is 1.73. The average Bonchev–Trinajstić information content (AvgIpc) is 2.80. The molecule has 0 unspecified atom stereocenters. The highest BCUT2D eigenvalue weighted by Crippen LogP contribution is 2.23. The number of aromatic amines is 1. The molecule has 17 heavy (non-hydrogen) atoms. The minimum Gasteiger partial charge on any atom is -0.366 e. The van der Waals surface area contributed by atoms with E-state index < -0.39 is 5.91 Å². The molecule has 96 valence electrons. The summed E-state index contributed by atoms with van der Waals surface area (Å²) >= 11 is 0. The summed E-state index contributed by atoms with van der Waals surface area (Å²) in [7, 11) is 0. The molecular formula is C13H22N2O2. The van der Waals surface area contributed by atoms with Crippen LogP contribution in [-0.4, -0.2) is 16.7 Å². The first kappa shape index (κ1) is 15.4. The molecule has 4 heteroatoms. The summed E-state index contributed by atoms with van der Waals surface area (Å²) in [5.74, 6) is -0.510. The van der Waals surface area contributed by atoms with Crippen LogP contribution in [0.5, 0.6) is 0 Å². The largest absolute Gasteiger partial charge is 0.366 e. The maximum atomic E-state index is 11.4. The Morgan fingerprint density at radius 2 is 1.82 bits per heavy atom. The van der Waals surface area contributed by atoms with E-state index in [0.29, 0.717) is 17.5 Å². The number of aryl methyl sites for hydroxylation is 1. The van der Waals surface area contributed by atoms with Crippen molar-refractivity contribution in [3.63, 3.8) is 0 Å². The predicted molar refractivity (Wildman–Crippen MR) is 69.3 cm³/mol. The number of Topliss-reactive ketones (excluding diaryl/α,β-unsaturated/α-hetero) is 1. The molecule has 1 amide bonds. The summed E-state index contributed by atoms with van der Waals surface area (Å²) in [4.78, 5) is 25.3. The van der Waals surface area contributed by atoms with Gasteiger partial charge in [-0.15, -0.1) is 0 Å². The Kier molecular flexibility index (Phi) is 6.94. The summed E-state index contributed by atoms with van der Waals surface area (Å²) in [5, 5.41) is 0. The number of fused-ring (bicyclic) bond motifs is 1. The summed E-state index contributed by atoms with van der Waals surface area (Å²) in [6.45, 7) is 8.00. The van der Waals surface area contributed by atoms with Crippen molar-refractivity contribution in [2.75, 3.05) is 0 Å². The lowest BCUT2D eigenvalue weighted by Gasteiger charge is -2.10. The van der Waals surface area contributed by atoms with Crippen LogP contribution >= 0.6 is 0 Å². The highest BCUT2D eigenvalue weighted by molar-refractivity contribution is 6.09. The van der Waals surface area contributed by atoms with Crippen LogP contribution in [0.25, 0.3) is 0 Å². The zero-order valence-electron chi connectivity index (χ0n) is 11.1. The minimum absolute atomic E-state index is 0.0244. The molecular weight excluding hydrogens is 216 g/mol. The van der Waals surface area contributed by atoms with Gasteiger partial charge in [-0.3, -0.25) is 9.59 Å². The van der Waals surface area contributed by atoms with Crippen molar-refractivity contribution in [1.82, 2.24) is 4.98 Å². The second-order valence-electron chi connectivity index (χ2n) is 3.20. The smallest absolute Gasteiger partial charge is 0.250 e. The third kappa shape index (κ3) is 3.44. The number of aromatic nitrogens is 1. The van der Waals surface area contributed by atoms with Gasteiger partial charge in [0.2, 0.25) is 0 Å². The standard InChI is InChI=1S/C9H10N2O2.2C2H6/c10-9(13)5-4-11-6-2-1-3-7(12)8(5)6;2*1-2/h4,11H,1-3H2,(H2,10,13);2*1-2H3. The van der Waals surface area contributed by atoms with Gasteiger partial charge in [0.25, 0.3) is 5.91 Å². The molecule has 1 aliphatic carbocycles. The van der Waals surface area contributed by atoms with Gasteiger partial charge < -0.3 is 10.7 Å². The fraction of sp³-hybridized carbons (Fsp3) is 0.538. The van der Waals surface area contributed by atoms with Gasteiger partial charge in [-0.25, -0.2) is 0 Å². The first-order chi connectivity index (χ1) is 8.20. The van der Waals surface area contributed by atoms with Gasteiger partial charge in [-0.05, 0) is 12.8 Å². The SMILES string of the molecule is CC.CC.NC(=O)c1c[nH]c2c1C(=O)CCC2. The molecule has 3 N–H and O–H groups in total. The number of nitrogens with one attached hydrogen (secondary N) is 1. The van der Waals surface area contributed by atoms with Crippen LogP contribution < -0.4 is 5.73 Å². The maximum Gasteiger partial charge on any atom is 0.250 e.